The maximum Gasteiger partial charge on any atom is 0.130 e. The van der Waals surface area contributed by atoms with Crippen LogP contribution in [0.5, 0.6) is 0 Å². The van der Waals surface area contributed by atoms with E-state index >= 15 is 0 Å². The van der Waals surface area contributed by atoms with Gasteiger partial charge in [-0.15, -0.1) is 0 Å². The van der Waals surface area contributed by atoms with Crippen LogP contribution in [0.2, 0.25) is 0 Å². The van der Waals surface area contributed by atoms with Crippen LogP contribution in [0.3, 0.4) is 0 Å². The number of thioether (sulfide) groups is 1. The van der Waals surface area contributed by atoms with Crippen LogP contribution in [0.25, 0.3) is 0 Å². The minimum absolute atomic E-state index is 0.0254. The van der Waals surface area contributed by atoms with Crippen LogP contribution < -0.4 is 0 Å². The maximum absolute atomic E-state index is 13.4. The van der Waals surface area contributed by atoms with E-state index in [4.69, 9.17) is 0 Å². The first kappa shape index (κ1) is 10.9. The van der Waals surface area contributed by atoms with Gasteiger partial charge in [0, 0.05) is 17.4 Å². The van der Waals surface area contributed by atoms with Gasteiger partial charge in [-0.2, -0.15) is 11.8 Å². The Morgan fingerprint density at radius 3 is 2.87 bits per heavy atom. The highest BCUT2D eigenvalue weighted by atomic mass is 32.2. The zero-order chi connectivity index (χ0) is 11.0. The Labute approximate surface area is 91.5 Å². The van der Waals surface area contributed by atoms with Crippen molar-refractivity contribution >= 4 is 11.8 Å². The number of rotatable bonds is 0. The molecule has 0 aliphatic carbocycles. The minimum atomic E-state index is -0.764. The van der Waals surface area contributed by atoms with Gasteiger partial charge in [-0.25, -0.2) is 8.78 Å². The molecular formula is C11H12F2OS. The second kappa shape index (κ2) is 4.10. The fourth-order valence-corrected chi connectivity index (χ4v) is 2.96. The molecule has 0 aromatic heterocycles. The van der Waals surface area contributed by atoms with Gasteiger partial charge < -0.3 is 5.11 Å². The first-order valence-electron chi connectivity index (χ1n) is 4.83. The van der Waals surface area contributed by atoms with Gasteiger partial charge in [-0.05, 0) is 23.3 Å². The monoisotopic (exact) mass is 230 g/mol. The second-order valence-corrected chi connectivity index (χ2v) is 4.92. The van der Waals surface area contributed by atoms with E-state index in [1.54, 1.807) is 11.8 Å². The molecule has 0 spiro atoms. The summed E-state index contributed by atoms with van der Waals surface area (Å²) in [6.45, 7) is 1.88. The van der Waals surface area contributed by atoms with Crippen molar-refractivity contribution in [3.63, 3.8) is 0 Å². The van der Waals surface area contributed by atoms with Crippen molar-refractivity contribution in [3.8, 4) is 0 Å². The standard InChI is InChI=1S/C11H12F2OS/c1-6-4-15-5-9-8(11(6)14)2-7(12)3-10(9)13/h2-3,6,11,14H,4-5H2,1H3. The predicted octanol–water partition coefficient (Wildman–Crippen LogP) is 2.88. The van der Waals surface area contributed by atoms with Crippen LogP contribution in [-0.4, -0.2) is 10.9 Å². The lowest BCUT2D eigenvalue weighted by Gasteiger charge is -2.17. The van der Waals surface area contributed by atoms with E-state index in [2.05, 4.69) is 0 Å². The molecule has 0 bridgehead atoms. The molecular weight excluding hydrogens is 218 g/mol. The SMILES string of the molecule is CC1CSCc2c(F)cc(F)cc2C1O. The van der Waals surface area contributed by atoms with Gasteiger partial charge in [-0.3, -0.25) is 0 Å². The molecule has 1 aromatic rings. The van der Waals surface area contributed by atoms with E-state index in [0.717, 1.165) is 11.8 Å². The number of hydrogen-bond acceptors (Lipinski definition) is 2. The van der Waals surface area contributed by atoms with Gasteiger partial charge in [0.05, 0.1) is 6.10 Å². The van der Waals surface area contributed by atoms with E-state index in [9.17, 15) is 13.9 Å². The molecule has 1 N–H and O–H groups in total. The summed E-state index contributed by atoms with van der Waals surface area (Å²) in [4.78, 5) is 0. The largest absolute Gasteiger partial charge is 0.388 e. The molecule has 2 atom stereocenters. The molecule has 1 aliphatic rings. The van der Waals surface area contributed by atoms with Gasteiger partial charge in [-0.1, -0.05) is 6.92 Å². The Balaban J connectivity index is 2.53. The molecule has 1 nitrogen and oxygen atoms in total. The van der Waals surface area contributed by atoms with Gasteiger partial charge in [0.15, 0.2) is 0 Å². The van der Waals surface area contributed by atoms with E-state index in [0.29, 0.717) is 16.9 Å². The van der Waals surface area contributed by atoms with E-state index < -0.39 is 17.7 Å². The summed E-state index contributed by atoms with van der Waals surface area (Å²) in [5.41, 5.74) is 0.850. The average Bonchev–Trinajstić information content (AvgIpc) is 2.30. The number of halogens is 2. The third-order valence-electron chi connectivity index (χ3n) is 2.68. The van der Waals surface area contributed by atoms with Gasteiger partial charge in [0.2, 0.25) is 0 Å². The summed E-state index contributed by atoms with van der Waals surface area (Å²) in [6.07, 6.45) is -0.764. The Morgan fingerprint density at radius 1 is 1.40 bits per heavy atom. The predicted molar refractivity (Wildman–Crippen MR) is 56.6 cm³/mol. The zero-order valence-corrected chi connectivity index (χ0v) is 9.15. The summed E-state index contributed by atoms with van der Waals surface area (Å²) < 4.78 is 26.5. The van der Waals surface area contributed by atoms with E-state index in [1.165, 1.54) is 6.07 Å². The summed E-state index contributed by atoms with van der Waals surface area (Å²) in [5, 5.41) is 9.91. The molecule has 15 heavy (non-hydrogen) atoms. The lowest BCUT2D eigenvalue weighted by Crippen LogP contribution is -2.11. The van der Waals surface area contributed by atoms with Crippen LogP contribution in [0.4, 0.5) is 8.78 Å². The van der Waals surface area contributed by atoms with Crippen LogP contribution in [0, 0.1) is 17.6 Å². The number of benzene rings is 1. The molecule has 2 unspecified atom stereocenters. The number of aliphatic hydroxyl groups is 1. The second-order valence-electron chi connectivity index (χ2n) is 3.89. The van der Waals surface area contributed by atoms with E-state index in [1.807, 2.05) is 6.92 Å². The Morgan fingerprint density at radius 2 is 2.13 bits per heavy atom. The summed E-state index contributed by atoms with van der Waals surface area (Å²) in [7, 11) is 0. The zero-order valence-electron chi connectivity index (χ0n) is 8.34. The lowest BCUT2D eigenvalue weighted by atomic mass is 9.95. The van der Waals surface area contributed by atoms with Gasteiger partial charge in [0.1, 0.15) is 11.6 Å². The van der Waals surface area contributed by atoms with Crippen LogP contribution in [0.15, 0.2) is 12.1 Å². The number of hydrogen-bond donors (Lipinski definition) is 1. The maximum atomic E-state index is 13.4. The van der Waals surface area contributed by atoms with Gasteiger partial charge >= 0.3 is 0 Å². The molecule has 1 aromatic carbocycles. The van der Waals surface area contributed by atoms with Crippen molar-refractivity contribution in [1.82, 2.24) is 0 Å². The normalized spacial score (nSPS) is 25.9. The minimum Gasteiger partial charge on any atom is -0.388 e. The van der Waals surface area contributed by atoms with E-state index in [-0.39, 0.29) is 5.92 Å². The molecule has 0 saturated heterocycles. The van der Waals surface area contributed by atoms with Crippen molar-refractivity contribution in [2.24, 2.45) is 5.92 Å². The van der Waals surface area contributed by atoms with Gasteiger partial charge in [0.25, 0.3) is 0 Å². The Hall–Kier alpha value is -0.610. The highest BCUT2D eigenvalue weighted by molar-refractivity contribution is 7.98. The van der Waals surface area contributed by atoms with Crippen molar-refractivity contribution in [2.75, 3.05) is 5.75 Å². The Bertz CT molecular complexity index is 381. The first-order chi connectivity index (χ1) is 7.09. The van der Waals surface area contributed by atoms with Crippen LogP contribution in [0.1, 0.15) is 24.2 Å². The van der Waals surface area contributed by atoms with Crippen molar-refractivity contribution in [2.45, 2.75) is 18.8 Å². The smallest absolute Gasteiger partial charge is 0.130 e. The molecule has 2 rings (SSSR count). The Kier molecular flexibility index (Phi) is 2.98. The highest BCUT2D eigenvalue weighted by Gasteiger charge is 2.25. The quantitative estimate of drug-likeness (QED) is 0.739. The topological polar surface area (TPSA) is 20.2 Å². The third kappa shape index (κ3) is 2.01. The number of fused-ring (bicyclic) bond motifs is 1. The molecule has 82 valence electrons. The fourth-order valence-electron chi connectivity index (χ4n) is 1.78. The molecule has 0 amide bonds. The fraction of sp³-hybridized carbons (Fsp3) is 0.455. The average molecular weight is 230 g/mol. The molecule has 0 fully saturated rings. The summed E-state index contributed by atoms with van der Waals surface area (Å²) >= 11 is 1.57. The molecule has 1 aliphatic heterocycles. The number of aliphatic hydroxyl groups excluding tert-OH is 1. The molecule has 0 radical (unpaired) electrons. The molecule has 1 heterocycles. The first-order valence-corrected chi connectivity index (χ1v) is 5.98. The third-order valence-corrected chi connectivity index (χ3v) is 3.93. The molecule has 0 saturated carbocycles. The summed E-state index contributed by atoms with van der Waals surface area (Å²) in [5.74, 6) is 0.118. The van der Waals surface area contributed by atoms with Crippen molar-refractivity contribution in [3.05, 3.63) is 34.9 Å². The summed E-state index contributed by atoms with van der Waals surface area (Å²) in [6, 6.07) is 2.12. The van der Waals surface area contributed by atoms with Crippen LogP contribution >= 0.6 is 11.8 Å². The lowest BCUT2D eigenvalue weighted by molar-refractivity contribution is 0.128. The van der Waals surface area contributed by atoms with Crippen molar-refractivity contribution in [1.29, 1.82) is 0 Å². The van der Waals surface area contributed by atoms with Crippen molar-refractivity contribution < 1.29 is 13.9 Å². The molecule has 4 heteroatoms. The van der Waals surface area contributed by atoms with Crippen LogP contribution in [-0.2, 0) is 5.75 Å². The highest BCUT2D eigenvalue weighted by Crippen LogP contribution is 2.35.